The molecule has 2 aromatic rings. The van der Waals surface area contributed by atoms with Crippen molar-refractivity contribution in [2.24, 2.45) is 29.1 Å². The Bertz CT molecular complexity index is 1940. The minimum Gasteiger partial charge on any atom is -0.497 e. The van der Waals surface area contributed by atoms with Crippen molar-refractivity contribution in [2.75, 3.05) is 13.7 Å². The highest BCUT2D eigenvalue weighted by atomic mass is 32.2. The first-order chi connectivity index (χ1) is 25.3. The van der Waals surface area contributed by atoms with E-state index in [1.807, 2.05) is 19.1 Å². The fraction of sp³-hybridized carbons (Fsp3) is 0.650. The zero-order valence-electron chi connectivity index (χ0n) is 32.4. The summed E-state index contributed by atoms with van der Waals surface area (Å²) < 4.78 is 45.0. The molecular formula is C40H54N4O9S. The van der Waals surface area contributed by atoms with Crippen LogP contribution < -0.4 is 14.2 Å². The molecule has 3 fully saturated rings. The minimum atomic E-state index is -3.95. The molecule has 54 heavy (non-hydrogen) atoms. The normalized spacial score (nSPS) is 30.6. The van der Waals surface area contributed by atoms with Gasteiger partial charge < -0.3 is 19.1 Å². The van der Waals surface area contributed by atoms with Crippen molar-refractivity contribution in [1.29, 1.82) is 0 Å². The molecule has 3 heterocycles. The van der Waals surface area contributed by atoms with Crippen molar-refractivity contribution in [2.45, 2.75) is 122 Å². The van der Waals surface area contributed by atoms with Gasteiger partial charge in [-0.2, -0.15) is 0 Å². The molecule has 294 valence electrons. The van der Waals surface area contributed by atoms with Gasteiger partial charge in [0.1, 0.15) is 17.5 Å². The number of nitrogens with one attached hydrogen (secondary N) is 1. The van der Waals surface area contributed by atoms with Crippen molar-refractivity contribution in [3.8, 4) is 11.6 Å². The van der Waals surface area contributed by atoms with E-state index in [1.165, 1.54) is 11.1 Å². The largest absolute Gasteiger partial charge is 0.497 e. The van der Waals surface area contributed by atoms with Gasteiger partial charge in [-0.15, -0.1) is 0 Å². The number of ketones is 1. The Hall–Kier alpha value is -4.07. The van der Waals surface area contributed by atoms with Crippen LogP contribution in [0.2, 0.25) is 0 Å². The number of ether oxygens (including phenoxy) is 3. The van der Waals surface area contributed by atoms with Crippen LogP contribution in [0.5, 0.6) is 11.6 Å². The maximum absolute atomic E-state index is 14.8. The van der Waals surface area contributed by atoms with Crippen molar-refractivity contribution < 1.29 is 41.8 Å². The third-order valence-corrected chi connectivity index (χ3v) is 13.8. The average Bonchev–Trinajstić information content (AvgIpc) is 3.97. The van der Waals surface area contributed by atoms with Gasteiger partial charge in [-0.25, -0.2) is 18.4 Å². The van der Waals surface area contributed by atoms with Gasteiger partial charge in [0.15, 0.2) is 5.78 Å². The number of benzene rings is 1. The Balaban J connectivity index is 1.32. The Morgan fingerprint density at radius 3 is 2.52 bits per heavy atom. The number of carbonyl (C=O) groups is 4. The Kier molecular flexibility index (Phi) is 10.9. The molecule has 2 saturated carbocycles. The lowest BCUT2D eigenvalue weighted by molar-refractivity contribution is -0.160. The Labute approximate surface area is 318 Å². The van der Waals surface area contributed by atoms with E-state index >= 15 is 0 Å². The lowest BCUT2D eigenvalue weighted by atomic mass is 9.82. The van der Waals surface area contributed by atoms with Gasteiger partial charge in [0.05, 0.1) is 59.4 Å². The second-order valence-electron chi connectivity index (χ2n) is 17.3. The highest BCUT2D eigenvalue weighted by Gasteiger charge is 2.62. The van der Waals surface area contributed by atoms with Crippen LogP contribution in [0.1, 0.15) is 99.3 Å². The average molecular weight is 767 g/mol. The van der Waals surface area contributed by atoms with Crippen molar-refractivity contribution in [3.63, 3.8) is 0 Å². The van der Waals surface area contributed by atoms with Gasteiger partial charge in [0, 0.05) is 18.9 Å². The van der Waals surface area contributed by atoms with E-state index in [2.05, 4.69) is 21.6 Å². The Morgan fingerprint density at radius 2 is 1.83 bits per heavy atom. The fourth-order valence-corrected chi connectivity index (χ4v) is 9.31. The fourth-order valence-electron chi connectivity index (χ4n) is 7.98. The summed E-state index contributed by atoms with van der Waals surface area (Å²) >= 11 is 0. The molecule has 1 aromatic heterocycles. The van der Waals surface area contributed by atoms with Crippen LogP contribution in [0.3, 0.4) is 0 Å². The van der Waals surface area contributed by atoms with Crippen LogP contribution in [-0.2, 0) is 33.9 Å². The zero-order chi connectivity index (χ0) is 39.2. The smallest absolute Gasteiger partial charge is 0.307 e. The number of hydrogen-bond donors (Lipinski definition) is 1. The maximum Gasteiger partial charge on any atom is 0.307 e. The molecule has 0 radical (unpaired) electrons. The van der Waals surface area contributed by atoms with Gasteiger partial charge in [-0.1, -0.05) is 26.0 Å². The molecule has 7 atom stereocenters. The van der Waals surface area contributed by atoms with Crippen molar-refractivity contribution in [3.05, 3.63) is 36.5 Å². The summed E-state index contributed by atoms with van der Waals surface area (Å²) in [5.41, 5.74) is -0.836. The van der Waals surface area contributed by atoms with Crippen molar-refractivity contribution in [1.82, 2.24) is 19.6 Å². The minimum absolute atomic E-state index is 0.0416. The van der Waals surface area contributed by atoms with Gasteiger partial charge in [0.2, 0.25) is 27.7 Å². The van der Waals surface area contributed by atoms with Crippen molar-refractivity contribution >= 4 is 44.6 Å². The number of fused-ring (bicyclic) bond motifs is 3. The molecular weight excluding hydrogens is 713 g/mol. The highest BCUT2D eigenvalue weighted by molar-refractivity contribution is 7.91. The second kappa shape index (κ2) is 14.9. The van der Waals surface area contributed by atoms with Gasteiger partial charge in [-0.3, -0.25) is 23.9 Å². The van der Waals surface area contributed by atoms with Crippen LogP contribution in [0.15, 0.2) is 36.5 Å². The van der Waals surface area contributed by atoms with E-state index in [0.717, 1.165) is 12.8 Å². The molecule has 1 saturated heterocycles. The topological polar surface area (TPSA) is 171 Å². The molecule has 14 heteroatoms. The van der Waals surface area contributed by atoms with Crippen LogP contribution in [0, 0.1) is 29.1 Å². The third-order valence-electron chi connectivity index (χ3n) is 11.6. The summed E-state index contributed by atoms with van der Waals surface area (Å²) in [5.74, 6) is -2.16. The predicted octanol–water partition coefficient (Wildman–Crippen LogP) is 5.31. The second-order valence-corrected chi connectivity index (χ2v) is 19.5. The molecule has 13 nitrogen and oxygen atoms in total. The van der Waals surface area contributed by atoms with Gasteiger partial charge >= 0.3 is 5.97 Å². The summed E-state index contributed by atoms with van der Waals surface area (Å²) in [5, 5.41) is 0. The summed E-state index contributed by atoms with van der Waals surface area (Å²) in [6.07, 6.45) is 7.94. The van der Waals surface area contributed by atoms with Gasteiger partial charge in [0.25, 0.3) is 0 Å². The molecule has 1 N–H and O–H groups in total. The number of amides is 2. The van der Waals surface area contributed by atoms with Gasteiger partial charge in [-0.05, 0) is 96.1 Å². The molecule has 6 rings (SSSR count). The number of hydrogen-bond acceptors (Lipinski definition) is 11. The highest BCUT2D eigenvalue weighted by Crippen LogP contribution is 2.57. The molecule has 4 aliphatic rings. The summed E-state index contributed by atoms with van der Waals surface area (Å²) in [6.45, 7) is 11.1. The van der Waals surface area contributed by atoms with E-state index in [4.69, 9.17) is 14.2 Å². The van der Waals surface area contributed by atoms with E-state index < -0.39 is 55.7 Å². The molecule has 0 bridgehead atoms. The zero-order valence-corrected chi connectivity index (χ0v) is 33.2. The maximum atomic E-state index is 14.8. The first kappa shape index (κ1) is 39.6. The van der Waals surface area contributed by atoms with Crippen LogP contribution in [0.25, 0.3) is 11.0 Å². The molecule has 0 spiro atoms. The summed E-state index contributed by atoms with van der Waals surface area (Å²) in [6, 6.07) is 4.30. The number of carbonyl (C=O) groups excluding carboxylic acids is 4. The summed E-state index contributed by atoms with van der Waals surface area (Å²) in [7, 11) is -2.38. The van der Waals surface area contributed by atoms with E-state index in [-0.39, 0.29) is 61.1 Å². The lowest BCUT2D eigenvalue weighted by Gasteiger charge is -2.32. The first-order valence-corrected chi connectivity index (χ1v) is 20.6. The first-order valence-electron chi connectivity index (χ1n) is 19.1. The van der Waals surface area contributed by atoms with Crippen LogP contribution in [-0.4, -0.2) is 83.0 Å². The van der Waals surface area contributed by atoms with Crippen LogP contribution in [0.4, 0.5) is 0 Å². The summed E-state index contributed by atoms with van der Waals surface area (Å²) in [4.78, 5) is 67.1. The van der Waals surface area contributed by atoms with E-state index in [1.54, 1.807) is 53.0 Å². The molecule has 2 amide bonds. The SMILES string of the molecule is COc1ccc2nc(O[C@@H]3C[C@H]4C(=O)C[C@]5(C(=O)NS(=O)(=O)C6(C)CC6)C[C@H]5/C=C\CC[C@@H](C)C[C@@H](C)[C@H](CC(=O)OC(C)(C)C)C(=O)N4C3)cnc2c1. The number of aromatic nitrogens is 2. The number of esters is 1. The number of rotatable bonds is 8. The molecule has 2 aliphatic heterocycles. The predicted molar refractivity (Wildman–Crippen MR) is 201 cm³/mol. The monoisotopic (exact) mass is 766 g/mol. The number of nitrogens with zero attached hydrogens (tertiary/aromatic N) is 3. The quantitative estimate of drug-likeness (QED) is 0.273. The van der Waals surface area contributed by atoms with E-state index in [0.29, 0.717) is 42.5 Å². The number of methoxy groups -OCH3 is 1. The molecule has 1 aromatic carbocycles. The van der Waals surface area contributed by atoms with E-state index in [9.17, 15) is 27.6 Å². The number of allylic oxidation sites excluding steroid dienone is 2. The standard InChI is InChI=1S/C40H54N4O9S/c1-24-10-8-9-11-26-20-40(26,37(48)43-54(49,50)39(6)14-15-39)21-33(45)32-18-28(52-34-22-41-31-17-27(51-7)12-13-30(31)42-34)23-44(32)36(47)29(25(2)16-24)19-35(46)53-38(3,4)5/h9,11-13,17,22,24-26,28-29,32H,8,10,14-16,18-21,23H2,1-7H3,(H,43,48)/b11-9-/t24-,25-,26-,28-,29+,32+,40-/m1/s1. The number of Topliss-reactive ketones (excluding diaryl/α,β-unsaturated/α-hetero) is 1. The lowest BCUT2D eigenvalue weighted by Crippen LogP contribution is -2.48. The molecule has 0 unspecified atom stereocenters. The number of sulfonamides is 1. The Morgan fingerprint density at radius 1 is 1.09 bits per heavy atom. The van der Waals surface area contributed by atoms with Crippen LogP contribution >= 0.6 is 0 Å². The third kappa shape index (κ3) is 8.58. The molecule has 2 aliphatic carbocycles.